The molecular weight excluding hydrogens is 476 g/mol. The van der Waals surface area contributed by atoms with E-state index in [2.05, 4.69) is 10.3 Å². The van der Waals surface area contributed by atoms with Crippen molar-refractivity contribution in [2.75, 3.05) is 17.3 Å². The number of anilines is 2. The van der Waals surface area contributed by atoms with Gasteiger partial charge in [-0.3, -0.25) is 19.8 Å². The second kappa shape index (κ2) is 8.66. The number of nitro groups is 1. The standard InChI is InChI=1S/C18H13Cl3FN5O4/c1-25-15(28)14(26(17(25)29)12-8-4-2-6-10(12)22)24-16(18(19,20)21)23-11-7-3-5-9-13(11)27(30)31/h2-9,16,23H,1H3. The Hall–Kier alpha value is -2.95. The highest BCUT2D eigenvalue weighted by Gasteiger charge is 2.44. The Bertz CT molecular complexity index is 1090. The minimum Gasteiger partial charge on any atom is -0.355 e. The molecule has 1 aliphatic heterocycles. The lowest BCUT2D eigenvalue weighted by atomic mass is 10.2. The van der Waals surface area contributed by atoms with Gasteiger partial charge in [-0.2, -0.15) is 0 Å². The first-order chi connectivity index (χ1) is 14.5. The van der Waals surface area contributed by atoms with Crippen molar-refractivity contribution in [3.05, 3.63) is 64.5 Å². The van der Waals surface area contributed by atoms with Crippen LogP contribution in [0.1, 0.15) is 0 Å². The summed E-state index contributed by atoms with van der Waals surface area (Å²) in [6.07, 6.45) is -1.55. The number of urea groups is 1. The Balaban J connectivity index is 2.10. The van der Waals surface area contributed by atoms with Crippen LogP contribution < -0.4 is 10.2 Å². The number of carbonyl (C=O) groups excluding carboxylic acids is 2. The molecule has 162 valence electrons. The lowest BCUT2D eigenvalue weighted by molar-refractivity contribution is -0.384. The molecule has 1 fully saturated rings. The highest BCUT2D eigenvalue weighted by atomic mass is 35.6. The lowest BCUT2D eigenvalue weighted by Gasteiger charge is -2.24. The largest absolute Gasteiger partial charge is 0.355 e. The lowest BCUT2D eigenvalue weighted by Crippen LogP contribution is -2.38. The molecule has 1 N–H and O–H groups in total. The van der Waals surface area contributed by atoms with Crippen molar-refractivity contribution in [1.29, 1.82) is 0 Å². The van der Waals surface area contributed by atoms with Gasteiger partial charge >= 0.3 is 6.03 Å². The highest BCUT2D eigenvalue weighted by Crippen LogP contribution is 2.36. The van der Waals surface area contributed by atoms with Crippen LogP contribution >= 0.6 is 34.8 Å². The minimum absolute atomic E-state index is 0.0456. The third-order valence-electron chi connectivity index (χ3n) is 4.23. The number of benzene rings is 2. The number of halogens is 4. The second-order valence-corrected chi connectivity index (χ2v) is 8.62. The van der Waals surface area contributed by atoms with Gasteiger partial charge in [-0.25, -0.2) is 19.1 Å². The first-order valence-electron chi connectivity index (χ1n) is 8.53. The molecule has 0 radical (unpaired) electrons. The van der Waals surface area contributed by atoms with E-state index in [0.717, 1.165) is 11.0 Å². The quantitative estimate of drug-likeness (QED) is 0.291. The van der Waals surface area contributed by atoms with Crippen molar-refractivity contribution in [3.8, 4) is 0 Å². The number of carbonyl (C=O) groups is 2. The van der Waals surface area contributed by atoms with Gasteiger partial charge in [0.15, 0.2) is 6.17 Å². The van der Waals surface area contributed by atoms with Crippen molar-refractivity contribution in [3.63, 3.8) is 0 Å². The van der Waals surface area contributed by atoms with Gasteiger partial charge in [0.2, 0.25) is 9.63 Å². The predicted octanol–water partition coefficient (Wildman–Crippen LogP) is 4.34. The molecule has 1 unspecified atom stereocenters. The molecule has 3 amide bonds. The smallest absolute Gasteiger partial charge is 0.337 e. The molecule has 1 saturated heterocycles. The molecule has 0 spiro atoms. The summed E-state index contributed by atoms with van der Waals surface area (Å²) >= 11 is 18.0. The van der Waals surface area contributed by atoms with Crippen LogP contribution in [0, 0.1) is 15.9 Å². The summed E-state index contributed by atoms with van der Waals surface area (Å²) in [7, 11) is 1.18. The number of nitrogens with zero attached hydrogens (tertiary/aromatic N) is 4. The van der Waals surface area contributed by atoms with E-state index in [1.54, 1.807) is 0 Å². The summed E-state index contributed by atoms with van der Waals surface area (Å²) in [6.45, 7) is 0. The molecule has 1 heterocycles. The Kier molecular flexibility index (Phi) is 6.35. The number of hydrogen-bond donors (Lipinski definition) is 1. The van der Waals surface area contributed by atoms with E-state index < -0.39 is 38.5 Å². The molecule has 2 aromatic rings. The summed E-state index contributed by atoms with van der Waals surface area (Å²) in [6, 6.07) is 9.87. The Labute approximate surface area is 190 Å². The van der Waals surface area contributed by atoms with Gasteiger partial charge in [0.05, 0.1) is 10.6 Å². The van der Waals surface area contributed by atoms with E-state index in [-0.39, 0.29) is 17.1 Å². The van der Waals surface area contributed by atoms with Crippen LogP contribution in [0.4, 0.5) is 26.2 Å². The number of para-hydroxylation sites is 3. The molecule has 0 saturated carbocycles. The maximum Gasteiger partial charge on any atom is 0.337 e. The van der Waals surface area contributed by atoms with E-state index in [4.69, 9.17) is 34.8 Å². The first kappa shape index (κ1) is 22.7. The molecule has 2 aromatic carbocycles. The fourth-order valence-corrected chi connectivity index (χ4v) is 3.06. The fraction of sp³-hybridized carbons (Fsp3) is 0.167. The number of imide groups is 1. The van der Waals surface area contributed by atoms with Crippen LogP contribution in [0.2, 0.25) is 0 Å². The number of nitro benzene ring substituents is 1. The SMILES string of the molecule is CN1C(=O)C(=NC(Nc2ccccc2[N+](=O)[O-])C(Cl)(Cl)Cl)N(c2ccccc2F)C1=O. The van der Waals surface area contributed by atoms with Crippen molar-refractivity contribution < 1.29 is 18.9 Å². The van der Waals surface area contributed by atoms with Gasteiger partial charge in [0, 0.05) is 13.1 Å². The molecule has 0 bridgehead atoms. The van der Waals surface area contributed by atoms with Crippen molar-refractivity contribution in [2.45, 2.75) is 9.96 Å². The number of likely N-dealkylation sites (N-methyl/N-ethyl adjacent to an activating group) is 1. The van der Waals surface area contributed by atoms with E-state index >= 15 is 0 Å². The zero-order valence-corrected chi connectivity index (χ0v) is 17.9. The number of nitrogens with one attached hydrogen (secondary N) is 1. The maximum absolute atomic E-state index is 14.4. The maximum atomic E-state index is 14.4. The monoisotopic (exact) mass is 487 g/mol. The van der Waals surface area contributed by atoms with Crippen molar-refractivity contribution >= 4 is 69.6 Å². The van der Waals surface area contributed by atoms with E-state index in [9.17, 15) is 24.1 Å². The normalized spacial score (nSPS) is 16.7. The molecule has 13 heteroatoms. The van der Waals surface area contributed by atoms with E-state index in [1.165, 1.54) is 49.5 Å². The summed E-state index contributed by atoms with van der Waals surface area (Å²) in [4.78, 5) is 41.4. The number of aliphatic imine (C=N–C) groups is 1. The van der Waals surface area contributed by atoms with Crippen LogP contribution in [0.5, 0.6) is 0 Å². The van der Waals surface area contributed by atoms with Gasteiger partial charge in [-0.05, 0) is 18.2 Å². The van der Waals surface area contributed by atoms with Crippen LogP contribution in [0.25, 0.3) is 0 Å². The zero-order chi connectivity index (χ0) is 22.9. The van der Waals surface area contributed by atoms with E-state index in [0.29, 0.717) is 4.90 Å². The van der Waals surface area contributed by atoms with Gasteiger partial charge in [0.1, 0.15) is 11.5 Å². The summed E-state index contributed by atoms with van der Waals surface area (Å²) in [5.74, 6) is -2.19. The third kappa shape index (κ3) is 4.55. The predicted molar refractivity (Wildman–Crippen MR) is 115 cm³/mol. The van der Waals surface area contributed by atoms with Crippen LogP contribution in [0.15, 0.2) is 53.5 Å². The minimum atomic E-state index is -2.21. The molecule has 9 nitrogen and oxygen atoms in total. The zero-order valence-electron chi connectivity index (χ0n) is 15.6. The second-order valence-electron chi connectivity index (χ2n) is 6.25. The Morgan fingerprint density at radius 2 is 1.74 bits per heavy atom. The van der Waals surface area contributed by atoms with Crippen LogP contribution in [-0.2, 0) is 4.79 Å². The molecule has 0 aliphatic carbocycles. The van der Waals surface area contributed by atoms with Crippen LogP contribution in [0.3, 0.4) is 0 Å². The fourth-order valence-electron chi connectivity index (χ4n) is 2.75. The molecule has 0 aromatic heterocycles. The average molecular weight is 489 g/mol. The van der Waals surface area contributed by atoms with Gasteiger partial charge in [-0.15, -0.1) is 0 Å². The molecular formula is C18H13Cl3FN5O4. The van der Waals surface area contributed by atoms with Crippen LogP contribution in [-0.4, -0.2) is 44.6 Å². The molecule has 3 rings (SSSR count). The van der Waals surface area contributed by atoms with E-state index in [1.807, 2.05) is 0 Å². The summed E-state index contributed by atoms with van der Waals surface area (Å²) in [5, 5.41) is 13.9. The number of rotatable bonds is 5. The number of hydrogen-bond acceptors (Lipinski definition) is 6. The molecule has 1 aliphatic rings. The van der Waals surface area contributed by atoms with Gasteiger partial charge < -0.3 is 5.32 Å². The number of amidine groups is 1. The van der Waals surface area contributed by atoms with Crippen molar-refractivity contribution in [2.24, 2.45) is 4.99 Å². The number of alkyl halides is 3. The van der Waals surface area contributed by atoms with Crippen molar-refractivity contribution in [1.82, 2.24) is 4.90 Å². The van der Waals surface area contributed by atoms with Gasteiger partial charge in [0.25, 0.3) is 11.6 Å². The molecule has 1 atom stereocenters. The average Bonchev–Trinajstić information content (AvgIpc) is 2.91. The topological polar surface area (TPSA) is 108 Å². The van der Waals surface area contributed by atoms with Gasteiger partial charge in [-0.1, -0.05) is 59.1 Å². The third-order valence-corrected chi connectivity index (χ3v) is 4.85. The summed E-state index contributed by atoms with van der Waals surface area (Å²) in [5.41, 5.74) is -0.618. The Morgan fingerprint density at radius 1 is 1.13 bits per heavy atom. The summed E-state index contributed by atoms with van der Waals surface area (Å²) < 4.78 is 12.1. The highest BCUT2D eigenvalue weighted by molar-refractivity contribution is 6.68. The Morgan fingerprint density at radius 3 is 2.35 bits per heavy atom. The molecule has 31 heavy (non-hydrogen) atoms. The number of amides is 3. The first-order valence-corrected chi connectivity index (χ1v) is 9.67.